The maximum absolute atomic E-state index is 4.29. The zero-order chi connectivity index (χ0) is 17.1. The van der Waals surface area contributed by atoms with Gasteiger partial charge in [-0.1, -0.05) is 18.2 Å². The average Bonchev–Trinajstić information content (AvgIpc) is 3.28. The van der Waals surface area contributed by atoms with Gasteiger partial charge in [-0.3, -0.25) is 9.08 Å². The molecule has 0 amide bonds. The summed E-state index contributed by atoms with van der Waals surface area (Å²) in [7, 11) is 0. The molecular weight excluding hydrogens is 312 g/mol. The SMILES string of the molecule is CCn1cc(CNc2ccc(Cc3nnc4ccccn34)cc2)cn1. The third kappa shape index (κ3) is 3.38. The molecular formula is C19H20N6. The van der Waals surface area contributed by atoms with Crippen LogP contribution in [0.1, 0.15) is 23.9 Å². The smallest absolute Gasteiger partial charge is 0.160 e. The van der Waals surface area contributed by atoms with Gasteiger partial charge < -0.3 is 5.32 Å². The Bertz CT molecular complexity index is 967. The minimum Gasteiger partial charge on any atom is -0.381 e. The summed E-state index contributed by atoms with van der Waals surface area (Å²) in [6.07, 6.45) is 6.73. The van der Waals surface area contributed by atoms with E-state index in [0.29, 0.717) is 0 Å². The fourth-order valence-corrected chi connectivity index (χ4v) is 2.81. The highest BCUT2D eigenvalue weighted by Gasteiger charge is 2.05. The first kappa shape index (κ1) is 15.4. The quantitative estimate of drug-likeness (QED) is 0.589. The molecule has 0 fully saturated rings. The van der Waals surface area contributed by atoms with Gasteiger partial charge >= 0.3 is 0 Å². The molecule has 3 aromatic heterocycles. The van der Waals surface area contributed by atoms with Gasteiger partial charge in [0, 0.05) is 43.2 Å². The first-order valence-corrected chi connectivity index (χ1v) is 8.44. The lowest BCUT2D eigenvalue weighted by molar-refractivity contribution is 0.659. The topological polar surface area (TPSA) is 60.0 Å². The predicted octanol–water partition coefficient (Wildman–Crippen LogP) is 3.15. The van der Waals surface area contributed by atoms with Gasteiger partial charge in [-0.25, -0.2) is 0 Å². The molecule has 126 valence electrons. The van der Waals surface area contributed by atoms with Crippen molar-refractivity contribution < 1.29 is 0 Å². The average molecular weight is 332 g/mol. The highest BCUT2D eigenvalue weighted by molar-refractivity contribution is 5.46. The van der Waals surface area contributed by atoms with Crippen LogP contribution in [0.4, 0.5) is 5.69 Å². The summed E-state index contributed by atoms with van der Waals surface area (Å²) in [5.74, 6) is 0.947. The van der Waals surface area contributed by atoms with Crippen LogP contribution in [0.5, 0.6) is 0 Å². The van der Waals surface area contributed by atoms with Crippen LogP contribution in [0.25, 0.3) is 5.65 Å². The number of rotatable bonds is 6. The van der Waals surface area contributed by atoms with Crippen molar-refractivity contribution in [3.63, 3.8) is 0 Å². The lowest BCUT2D eigenvalue weighted by Crippen LogP contribution is -2.00. The normalized spacial score (nSPS) is 11.1. The Balaban J connectivity index is 1.41. The lowest BCUT2D eigenvalue weighted by atomic mass is 10.1. The fourth-order valence-electron chi connectivity index (χ4n) is 2.81. The monoisotopic (exact) mass is 332 g/mol. The van der Waals surface area contributed by atoms with Crippen LogP contribution in [0.15, 0.2) is 61.1 Å². The van der Waals surface area contributed by atoms with Gasteiger partial charge in [0.1, 0.15) is 5.82 Å². The second-order valence-corrected chi connectivity index (χ2v) is 5.98. The molecule has 0 bridgehead atoms. The number of aryl methyl sites for hydroxylation is 1. The third-order valence-electron chi connectivity index (χ3n) is 4.21. The van der Waals surface area contributed by atoms with Crippen LogP contribution in [0.2, 0.25) is 0 Å². The van der Waals surface area contributed by atoms with Crippen LogP contribution in [-0.2, 0) is 19.5 Å². The summed E-state index contributed by atoms with van der Waals surface area (Å²) in [5, 5.41) is 16.2. The predicted molar refractivity (Wildman–Crippen MR) is 97.5 cm³/mol. The van der Waals surface area contributed by atoms with Gasteiger partial charge in [-0.15, -0.1) is 10.2 Å². The molecule has 25 heavy (non-hydrogen) atoms. The molecule has 0 radical (unpaired) electrons. The van der Waals surface area contributed by atoms with Crippen molar-refractivity contribution in [1.29, 1.82) is 0 Å². The maximum atomic E-state index is 4.29. The number of hydrogen-bond donors (Lipinski definition) is 1. The third-order valence-corrected chi connectivity index (χ3v) is 4.21. The van der Waals surface area contributed by atoms with Crippen LogP contribution >= 0.6 is 0 Å². The van der Waals surface area contributed by atoms with E-state index in [1.807, 2.05) is 39.7 Å². The Morgan fingerprint density at radius 3 is 2.68 bits per heavy atom. The molecule has 0 saturated heterocycles. The largest absolute Gasteiger partial charge is 0.381 e. The van der Waals surface area contributed by atoms with E-state index in [2.05, 4.69) is 58.0 Å². The maximum Gasteiger partial charge on any atom is 0.160 e. The number of fused-ring (bicyclic) bond motifs is 1. The minimum absolute atomic E-state index is 0.759. The minimum atomic E-state index is 0.759. The van der Waals surface area contributed by atoms with Gasteiger partial charge in [0.05, 0.1) is 6.20 Å². The fraction of sp³-hybridized carbons (Fsp3) is 0.211. The number of pyridine rings is 1. The molecule has 0 atom stereocenters. The summed E-state index contributed by atoms with van der Waals surface area (Å²) in [5.41, 5.74) is 4.37. The Labute approximate surface area is 146 Å². The number of benzene rings is 1. The molecule has 0 aliphatic rings. The zero-order valence-corrected chi connectivity index (χ0v) is 14.1. The lowest BCUT2D eigenvalue weighted by Gasteiger charge is -2.06. The molecule has 0 spiro atoms. The molecule has 1 N–H and O–H groups in total. The number of anilines is 1. The van der Waals surface area contributed by atoms with Gasteiger partial charge in [-0.05, 0) is 36.8 Å². The molecule has 1 aromatic carbocycles. The van der Waals surface area contributed by atoms with Crippen molar-refractivity contribution in [3.05, 3.63) is 78.0 Å². The molecule has 0 saturated carbocycles. The van der Waals surface area contributed by atoms with Crippen molar-refractivity contribution in [3.8, 4) is 0 Å². The van der Waals surface area contributed by atoms with Gasteiger partial charge in [0.15, 0.2) is 5.65 Å². The molecule has 6 nitrogen and oxygen atoms in total. The molecule has 3 heterocycles. The van der Waals surface area contributed by atoms with E-state index >= 15 is 0 Å². The summed E-state index contributed by atoms with van der Waals surface area (Å²) in [6.45, 7) is 3.75. The Hall–Kier alpha value is -3.15. The van der Waals surface area contributed by atoms with Crippen molar-refractivity contribution in [2.75, 3.05) is 5.32 Å². The van der Waals surface area contributed by atoms with E-state index in [1.165, 1.54) is 11.1 Å². The van der Waals surface area contributed by atoms with E-state index in [4.69, 9.17) is 0 Å². The zero-order valence-electron chi connectivity index (χ0n) is 14.1. The van der Waals surface area contributed by atoms with Gasteiger partial charge in [0.25, 0.3) is 0 Å². The van der Waals surface area contributed by atoms with Gasteiger partial charge in [0.2, 0.25) is 0 Å². The Kier molecular flexibility index (Phi) is 4.16. The Morgan fingerprint density at radius 2 is 1.88 bits per heavy atom. The number of nitrogens with one attached hydrogen (secondary N) is 1. The van der Waals surface area contributed by atoms with Crippen molar-refractivity contribution in [2.45, 2.75) is 26.4 Å². The van der Waals surface area contributed by atoms with Crippen LogP contribution in [-0.4, -0.2) is 24.4 Å². The van der Waals surface area contributed by atoms with E-state index in [-0.39, 0.29) is 0 Å². The van der Waals surface area contributed by atoms with Crippen molar-refractivity contribution in [2.24, 2.45) is 0 Å². The summed E-state index contributed by atoms with van der Waals surface area (Å²) in [4.78, 5) is 0. The van der Waals surface area contributed by atoms with Crippen LogP contribution in [0, 0.1) is 0 Å². The molecule has 4 aromatic rings. The molecule has 6 heteroatoms. The highest BCUT2D eigenvalue weighted by Crippen LogP contribution is 2.14. The van der Waals surface area contributed by atoms with Gasteiger partial charge in [-0.2, -0.15) is 5.10 Å². The van der Waals surface area contributed by atoms with Crippen molar-refractivity contribution in [1.82, 2.24) is 24.4 Å². The molecule has 0 aliphatic carbocycles. The van der Waals surface area contributed by atoms with E-state index in [9.17, 15) is 0 Å². The number of aromatic nitrogens is 5. The standard InChI is InChI=1S/C19H20N6/c1-2-24-14-16(13-21-24)12-20-17-8-6-15(7-9-17)11-19-23-22-18-5-3-4-10-25(18)19/h3-10,13-14,20H,2,11-12H2,1H3. The summed E-state index contributed by atoms with van der Waals surface area (Å²) < 4.78 is 3.96. The van der Waals surface area contributed by atoms with Crippen LogP contribution < -0.4 is 5.32 Å². The summed E-state index contributed by atoms with van der Waals surface area (Å²) >= 11 is 0. The summed E-state index contributed by atoms with van der Waals surface area (Å²) in [6, 6.07) is 14.4. The van der Waals surface area contributed by atoms with E-state index < -0.39 is 0 Å². The highest BCUT2D eigenvalue weighted by atomic mass is 15.3. The number of nitrogens with zero attached hydrogens (tertiary/aromatic N) is 5. The molecule has 0 aliphatic heterocycles. The first-order valence-electron chi connectivity index (χ1n) is 8.44. The molecule has 4 rings (SSSR count). The second kappa shape index (κ2) is 6.76. The van der Waals surface area contributed by atoms with Crippen molar-refractivity contribution >= 4 is 11.3 Å². The van der Waals surface area contributed by atoms with Crippen LogP contribution in [0.3, 0.4) is 0 Å². The van der Waals surface area contributed by atoms with E-state index in [0.717, 1.165) is 36.7 Å². The first-order chi connectivity index (χ1) is 12.3. The molecule has 0 unspecified atom stereocenters. The van der Waals surface area contributed by atoms with E-state index in [1.54, 1.807) is 0 Å². The number of hydrogen-bond acceptors (Lipinski definition) is 4. The Morgan fingerprint density at radius 1 is 1.00 bits per heavy atom. The second-order valence-electron chi connectivity index (χ2n) is 5.98.